The highest BCUT2D eigenvalue weighted by atomic mass is 35.5. The fourth-order valence-corrected chi connectivity index (χ4v) is 5.15. The molecule has 0 unspecified atom stereocenters. The van der Waals surface area contributed by atoms with Gasteiger partial charge in [-0.3, -0.25) is 4.79 Å². The van der Waals surface area contributed by atoms with E-state index in [1.54, 1.807) is 11.0 Å². The van der Waals surface area contributed by atoms with E-state index in [1.165, 1.54) is 10.4 Å². The molecule has 1 saturated heterocycles. The molecule has 1 aliphatic rings. The lowest BCUT2D eigenvalue weighted by atomic mass is 10.1. The first-order chi connectivity index (χ1) is 9.12. The Morgan fingerprint density at radius 3 is 2.35 bits per heavy atom. The molecule has 0 radical (unpaired) electrons. The van der Waals surface area contributed by atoms with Crippen LogP contribution < -0.4 is 0 Å². The van der Waals surface area contributed by atoms with Crippen LogP contribution in [0.25, 0.3) is 0 Å². The Morgan fingerprint density at radius 1 is 1.25 bits per heavy atom. The number of carbonyl (C=O) groups is 1. The highest BCUT2D eigenvalue weighted by Gasteiger charge is 2.37. The average Bonchev–Trinajstić information content (AvgIpc) is 2.74. The van der Waals surface area contributed by atoms with Gasteiger partial charge in [0.05, 0.1) is 10.9 Å². The molecular weight excluding hydrogens is 320 g/mol. The van der Waals surface area contributed by atoms with Gasteiger partial charge in [-0.2, -0.15) is 4.31 Å². The van der Waals surface area contributed by atoms with Crippen molar-refractivity contribution in [3.05, 3.63) is 16.5 Å². The van der Waals surface area contributed by atoms with Crippen molar-refractivity contribution in [3.8, 4) is 0 Å². The number of hydrogen-bond donors (Lipinski definition) is 0. The van der Waals surface area contributed by atoms with Gasteiger partial charge in [0.25, 0.3) is 10.0 Å². The maximum Gasteiger partial charge on any atom is 0.253 e. The van der Waals surface area contributed by atoms with E-state index < -0.39 is 10.0 Å². The highest BCUT2D eigenvalue weighted by Crippen LogP contribution is 2.29. The minimum atomic E-state index is -3.62. The van der Waals surface area contributed by atoms with Crippen molar-refractivity contribution in [1.29, 1.82) is 0 Å². The van der Waals surface area contributed by atoms with E-state index in [1.807, 2.05) is 20.8 Å². The molecule has 112 valence electrons. The zero-order valence-electron chi connectivity index (χ0n) is 11.6. The lowest BCUT2D eigenvalue weighted by molar-refractivity contribution is -0.139. The topological polar surface area (TPSA) is 57.7 Å². The van der Waals surface area contributed by atoms with E-state index in [-0.39, 0.29) is 22.2 Å². The zero-order valence-corrected chi connectivity index (χ0v) is 14.0. The highest BCUT2D eigenvalue weighted by molar-refractivity contribution is 7.91. The van der Waals surface area contributed by atoms with Gasteiger partial charge in [-0.05, 0) is 32.9 Å². The Kier molecular flexibility index (Phi) is 4.17. The molecule has 0 aromatic carbocycles. The summed E-state index contributed by atoms with van der Waals surface area (Å²) in [7, 11) is -3.62. The second kappa shape index (κ2) is 5.29. The van der Waals surface area contributed by atoms with E-state index in [0.717, 1.165) is 11.3 Å². The fourth-order valence-electron chi connectivity index (χ4n) is 2.13. The van der Waals surface area contributed by atoms with Crippen LogP contribution >= 0.6 is 22.9 Å². The standard InChI is InChI=1S/C12H17ClN2O3S2/c1-12(2,3)15-7-6-14(8-10(15)16)20(17,18)11-5-4-9(13)19-11/h4-5H,6-8H2,1-3H3. The predicted octanol–water partition coefficient (Wildman–Crippen LogP) is 2.03. The number of carbonyl (C=O) groups excluding carboxylic acids is 1. The average molecular weight is 337 g/mol. The molecule has 1 aliphatic heterocycles. The van der Waals surface area contributed by atoms with Crippen molar-refractivity contribution in [3.63, 3.8) is 0 Å². The quantitative estimate of drug-likeness (QED) is 0.830. The Bertz CT molecular complexity index is 619. The van der Waals surface area contributed by atoms with Crippen molar-refractivity contribution in [2.24, 2.45) is 0 Å². The summed E-state index contributed by atoms with van der Waals surface area (Å²) >= 11 is 6.78. The van der Waals surface area contributed by atoms with E-state index in [0.29, 0.717) is 17.4 Å². The molecular formula is C12H17ClN2O3S2. The van der Waals surface area contributed by atoms with E-state index in [2.05, 4.69) is 0 Å². The Hall–Kier alpha value is -0.630. The number of piperazine rings is 1. The largest absolute Gasteiger partial charge is 0.335 e. The maximum atomic E-state index is 12.4. The number of sulfonamides is 1. The molecule has 0 atom stereocenters. The van der Waals surface area contributed by atoms with Crippen LogP contribution in [0, 0.1) is 0 Å². The summed E-state index contributed by atoms with van der Waals surface area (Å²) in [6.07, 6.45) is 0. The number of nitrogens with zero attached hydrogens (tertiary/aromatic N) is 2. The van der Waals surface area contributed by atoms with Crippen LogP contribution in [0.15, 0.2) is 16.3 Å². The van der Waals surface area contributed by atoms with Gasteiger partial charge in [0, 0.05) is 18.6 Å². The summed E-state index contributed by atoms with van der Waals surface area (Å²) in [5.41, 5.74) is -0.292. The van der Waals surface area contributed by atoms with E-state index >= 15 is 0 Å². The molecule has 8 heteroatoms. The second-order valence-electron chi connectivity index (χ2n) is 5.61. The number of amides is 1. The predicted molar refractivity (Wildman–Crippen MR) is 79.6 cm³/mol. The Balaban J connectivity index is 2.19. The third-order valence-corrected chi connectivity index (χ3v) is 6.68. The summed E-state index contributed by atoms with van der Waals surface area (Å²) in [5.74, 6) is -0.171. The minimum Gasteiger partial charge on any atom is -0.335 e. The van der Waals surface area contributed by atoms with Crippen LogP contribution in [0.2, 0.25) is 4.34 Å². The molecule has 0 aliphatic carbocycles. The SMILES string of the molecule is CC(C)(C)N1CCN(S(=O)(=O)c2ccc(Cl)s2)CC1=O. The number of thiophene rings is 1. The third kappa shape index (κ3) is 3.00. The third-order valence-electron chi connectivity index (χ3n) is 3.14. The monoisotopic (exact) mass is 336 g/mol. The molecule has 2 heterocycles. The number of rotatable bonds is 2. The van der Waals surface area contributed by atoms with Crippen LogP contribution in [-0.4, -0.2) is 48.7 Å². The summed E-state index contributed by atoms with van der Waals surface area (Å²) in [6.45, 7) is 6.41. The van der Waals surface area contributed by atoms with Crippen LogP contribution in [0.4, 0.5) is 0 Å². The van der Waals surface area contributed by atoms with Crippen LogP contribution in [-0.2, 0) is 14.8 Å². The molecule has 0 saturated carbocycles. The van der Waals surface area contributed by atoms with Crippen LogP contribution in [0.3, 0.4) is 0 Å². The summed E-state index contributed by atoms with van der Waals surface area (Å²) in [4.78, 5) is 13.8. The molecule has 0 spiro atoms. The molecule has 1 aromatic heterocycles. The van der Waals surface area contributed by atoms with E-state index in [4.69, 9.17) is 11.6 Å². The fraction of sp³-hybridized carbons (Fsp3) is 0.583. The number of halogens is 1. The van der Waals surface area contributed by atoms with Gasteiger partial charge in [-0.25, -0.2) is 8.42 Å². The first-order valence-electron chi connectivity index (χ1n) is 6.18. The molecule has 20 heavy (non-hydrogen) atoms. The van der Waals surface area contributed by atoms with Gasteiger partial charge in [0.15, 0.2) is 0 Å². The molecule has 5 nitrogen and oxygen atoms in total. The lowest BCUT2D eigenvalue weighted by Crippen LogP contribution is -2.57. The molecule has 0 bridgehead atoms. The van der Waals surface area contributed by atoms with Crippen molar-refractivity contribution < 1.29 is 13.2 Å². The Morgan fingerprint density at radius 2 is 1.90 bits per heavy atom. The van der Waals surface area contributed by atoms with Gasteiger partial charge in [0.2, 0.25) is 5.91 Å². The van der Waals surface area contributed by atoms with Gasteiger partial charge < -0.3 is 4.90 Å². The lowest BCUT2D eigenvalue weighted by Gasteiger charge is -2.41. The molecule has 1 fully saturated rings. The maximum absolute atomic E-state index is 12.4. The minimum absolute atomic E-state index is 0.116. The van der Waals surface area contributed by atoms with Gasteiger partial charge in [-0.1, -0.05) is 11.6 Å². The van der Waals surface area contributed by atoms with E-state index in [9.17, 15) is 13.2 Å². The summed E-state index contributed by atoms with van der Waals surface area (Å²) in [5, 5.41) is 0. The Labute approximate surface area is 128 Å². The number of hydrogen-bond acceptors (Lipinski definition) is 4. The molecule has 2 rings (SSSR count). The molecule has 1 amide bonds. The van der Waals surface area contributed by atoms with Crippen molar-refractivity contribution in [2.75, 3.05) is 19.6 Å². The first-order valence-corrected chi connectivity index (χ1v) is 8.82. The van der Waals surface area contributed by atoms with Crippen molar-refractivity contribution >= 4 is 38.9 Å². The van der Waals surface area contributed by atoms with Gasteiger partial charge in [-0.15, -0.1) is 11.3 Å². The van der Waals surface area contributed by atoms with Crippen LogP contribution in [0.5, 0.6) is 0 Å². The van der Waals surface area contributed by atoms with Crippen molar-refractivity contribution in [2.45, 2.75) is 30.5 Å². The van der Waals surface area contributed by atoms with Crippen LogP contribution in [0.1, 0.15) is 20.8 Å². The van der Waals surface area contributed by atoms with Gasteiger partial charge >= 0.3 is 0 Å². The molecule has 1 aromatic rings. The normalized spacial score (nSPS) is 18.6. The second-order valence-corrected chi connectivity index (χ2v) is 9.49. The smallest absolute Gasteiger partial charge is 0.253 e. The first kappa shape index (κ1) is 15.8. The summed E-state index contributed by atoms with van der Waals surface area (Å²) < 4.78 is 26.6. The van der Waals surface area contributed by atoms with Crippen molar-refractivity contribution in [1.82, 2.24) is 9.21 Å². The molecule has 0 N–H and O–H groups in total. The zero-order chi connectivity index (χ0) is 15.1. The summed E-state index contributed by atoms with van der Waals surface area (Å²) in [6, 6.07) is 3.02. The van der Waals surface area contributed by atoms with Gasteiger partial charge in [0.1, 0.15) is 4.21 Å².